The molecule has 0 atom stereocenters. The molecular formula is C51H66N14O13. The Labute approximate surface area is 448 Å². The number of amides is 6. The van der Waals surface area contributed by atoms with Crippen LogP contribution in [0, 0.1) is 13.8 Å². The molecular weight excluding hydrogens is 1020 g/mol. The van der Waals surface area contributed by atoms with Crippen LogP contribution in [0.4, 0.5) is 21.5 Å². The number of methoxy groups -OCH3 is 1. The van der Waals surface area contributed by atoms with Crippen LogP contribution in [-0.4, -0.2) is 139 Å². The normalized spacial score (nSPS) is 11.4. The number of nitrogens with one attached hydrogen (secondary N) is 4. The monoisotopic (exact) mass is 1080 g/mol. The van der Waals surface area contributed by atoms with E-state index in [1.165, 1.54) is 31.4 Å². The van der Waals surface area contributed by atoms with E-state index >= 15 is 0 Å². The average Bonchev–Trinajstić information content (AvgIpc) is 4.33. The van der Waals surface area contributed by atoms with Crippen LogP contribution in [-0.2, 0) is 49.9 Å². The van der Waals surface area contributed by atoms with Crippen molar-refractivity contribution in [1.82, 2.24) is 49.3 Å². The number of aromatic nitrogens is 8. The Morgan fingerprint density at radius 1 is 0.654 bits per heavy atom. The largest absolute Gasteiger partial charge is 0.508 e. The topological polar surface area (TPSA) is 346 Å². The number of fused-ring (bicyclic) bond motifs is 2. The molecule has 0 aliphatic heterocycles. The van der Waals surface area contributed by atoms with Crippen LogP contribution in [0.15, 0.2) is 48.6 Å². The molecule has 6 aromatic rings. The second-order valence-corrected chi connectivity index (χ2v) is 18.4. The number of ether oxygens (including phenoxy) is 6. The number of hydrogen-bond acceptors (Lipinski definition) is 17. The zero-order valence-electron chi connectivity index (χ0n) is 44.9. The first-order valence-electron chi connectivity index (χ1n) is 25.0. The molecule has 0 fully saturated rings. The van der Waals surface area contributed by atoms with E-state index in [4.69, 9.17) is 44.9 Å². The Bertz CT molecular complexity index is 3200. The number of primary amides is 2. The van der Waals surface area contributed by atoms with Gasteiger partial charge in [-0.2, -0.15) is 10.2 Å². The van der Waals surface area contributed by atoms with Crippen molar-refractivity contribution < 1.29 is 62.0 Å². The second kappa shape index (κ2) is 26.7. The highest BCUT2D eigenvalue weighted by molar-refractivity contribution is 6.05. The summed E-state index contributed by atoms with van der Waals surface area (Å²) in [6, 6.07) is 9.19. The number of nitrogens with two attached hydrogens (primary N) is 2. The summed E-state index contributed by atoms with van der Waals surface area (Å²) in [5, 5.41) is 19.7. The molecule has 78 heavy (non-hydrogen) atoms. The van der Waals surface area contributed by atoms with Crippen molar-refractivity contribution in [3.63, 3.8) is 0 Å². The first-order chi connectivity index (χ1) is 37.2. The van der Waals surface area contributed by atoms with E-state index in [2.05, 4.69) is 36.4 Å². The van der Waals surface area contributed by atoms with Crippen molar-refractivity contribution in [3.05, 3.63) is 82.5 Å². The highest BCUT2D eigenvalue weighted by Gasteiger charge is 2.24. The standard InChI is InChI=1S/C51H66N14O13/c1-9-64-36(24-30(3)60-64)45(69)58-47-56-34-26-32(43(52)67)28-38(73-8)41(34)62(47)17-11-12-18-63-42-35(57-48(63)59-46(70)37-25-31(4)61-65(37)10-2)27-33(44(53)68)29-39(42)75-19-13-20-76-50(72)77-23-16-54-40(66)14-21-74-22-15-55-49(71)78-51(5,6)7/h11-12,24-29H,9-10,13-23H2,1-8H3,(H2,52,67)(H2,53,68)(H,54,66)(H,55,71)(H,56,58,69)(H,57,59,70)/b12-11+. The molecule has 27 heteroatoms. The molecule has 418 valence electrons. The zero-order chi connectivity index (χ0) is 56.7. The van der Waals surface area contributed by atoms with Gasteiger partial charge >= 0.3 is 12.2 Å². The summed E-state index contributed by atoms with van der Waals surface area (Å²) in [5.74, 6) is -2.16. The molecule has 27 nitrogen and oxygen atoms in total. The van der Waals surface area contributed by atoms with E-state index in [9.17, 15) is 33.6 Å². The van der Waals surface area contributed by atoms with Crippen molar-refractivity contribution in [1.29, 1.82) is 0 Å². The molecule has 8 N–H and O–H groups in total. The van der Waals surface area contributed by atoms with Gasteiger partial charge in [-0.15, -0.1) is 0 Å². The van der Waals surface area contributed by atoms with E-state index in [0.717, 1.165) is 0 Å². The summed E-state index contributed by atoms with van der Waals surface area (Å²) in [7, 11) is 1.43. The first-order valence-corrected chi connectivity index (χ1v) is 25.0. The van der Waals surface area contributed by atoms with E-state index in [1.807, 2.05) is 13.8 Å². The summed E-state index contributed by atoms with van der Waals surface area (Å²) in [6.07, 6.45) is 2.23. The van der Waals surface area contributed by atoms with Gasteiger partial charge in [0.1, 0.15) is 46.1 Å². The lowest BCUT2D eigenvalue weighted by atomic mass is 10.1. The molecule has 0 aliphatic rings. The summed E-state index contributed by atoms with van der Waals surface area (Å²) >= 11 is 0. The Morgan fingerprint density at radius 3 is 1.68 bits per heavy atom. The van der Waals surface area contributed by atoms with Gasteiger partial charge in [-0.25, -0.2) is 19.6 Å². The summed E-state index contributed by atoms with van der Waals surface area (Å²) < 4.78 is 39.2. The fraction of sp³-hybridized carbons (Fsp3) is 0.431. The van der Waals surface area contributed by atoms with Crippen LogP contribution < -0.4 is 42.2 Å². The third kappa shape index (κ3) is 15.5. The molecule has 4 heterocycles. The predicted molar refractivity (Wildman–Crippen MR) is 283 cm³/mol. The van der Waals surface area contributed by atoms with Crippen LogP contribution in [0.3, 0.4) is 0 Å². The van der Waals surface area contributed by atoms with Crippen LogP contribution >= 0.6 is 0 Å². The summed E-state index contributed by atoms with van der Waals surface area (Å²) in [6.45, 7) is 13.7. The van der Waals surface area contributed by atoms with Crippen LogP contribution in [0.2, 0.25) is 0 Å². The van der Waals surface area contributed by atoms with Gasteiger partial charge < -0.3 is 59.7 Å². The number of rotatable bonds is 27. The van der Waals surface area contributed by atoms with Gasteiger partial charge in [-0.3, -0.25) is 44.0 Å². The Kier molecular flexibility index (Phi) is 19.9. The van der Waals surface area contributed by atoms with Gasteiger partial charge in [0.2, 0.25) is 29.6 Å². The van der Waals surface area contributed by atoms with Crippen molar-refractivity contribution in [2.24, 2.45) is 11.5 Å². The molecule has 4 aromatic heterocycles. The van der Waals surface area contributed by atoms with Crippen LogP contribution in [0.1, 0.15) is 101 Å². The molecule has 0 unspecified atom stereocenters. The van der Waals surface area contributed by atoms with Crippen LogP contribution in [0.5, 0.6) is 11.5 Å². The molecule has 0 saturated heterocycles. The lowest BCUT2D eigenvalue weighted by Crippen LogP contribution is -2.34. The lowest BCUT2D eigenvalue weighted by molar-refractivity contribution is -0.122. The zero-order valence-corrected chi connectivity index (χ0v) is 44.9. The second-order valence-electron chi connectivity index (χ2n) is 18.4. The first kappa shape index (κ1) is 58.3. The molecule has 6 amide bonds. The van der Waals surface area contributed by atoms with Gasteiger partial charge in [-0.1, -0.05) is 12.2 Å². The predicted octanol–water partition coefficient (Wildman–Crippen LogP) is 4.37. The minimum Gasteiger partial charge on any atom is -0.494 e. The smallest absolute Gasteiger partial charge is 0.494 e. The number of imidazole rings is 2. The number of nitrogens with zero attached hydrogens (tertiary/aromatic N) is 8. The fourth-order valence-corrected chi connectivity index (χ4v) is 7.84. The number of alkyl carbamates (subject to hydrolysis) is 1. The number of anilines is 2. The van der Waals surface area contributed by atoms with E-state index in [1.54, 1.807) is 77.4 Å². The Morgan fingerprint density at radius 2 is 1.17 bits per heavy atom. The third-order valence-corrected chi connectivity index (χ3v) is 11.3. The maximum Gasteiger partial charge on any atom is 0.508 e. The highest BCUT2D eigenvalue weighted by Crippen LogP contribution is 2.33. The Hall–Kier alpha value is -9.01. The van der Waals surface area contributed by atoms with E-state index < -0.39 is 41.5 Å². The van der Waals surface area contributed by atoms with Crippen molar-refractivity contribution in [2.75, 3.05) is 63.9 Å². The van der Waals surface area contributed by atoms with Crippen molar-refractivity contribution in [2.45, 2.75) is 93.1 Å². The number of aryl methyl sites for hydroxylation is 4. The van der Waals surface area contributed by atoms with Gasteiger partial charge in [0.05, 0.1) is 62.5 Å². The van der Waals surface area contributed by atoms with Crippen LogP contribution in [0.25, 0.3) is 22.1 Å². The molecule has 2 aromatic carbocycles. The molecule has 0 saturated carbocycles. The number of allylic oxidation sites excluding steroid dienone is 2. The summed E-state index contributed by atoms with van der Waals surface area (Å²) in [5.41, 5.74) is 14.2. The van der Waals surface area contributed by atoms with Gasteiger partial charge in [0.25, 0.3) is 11.8 Å². The van der Waals surface area contributed by atoms with E-state index in [-0.39, 0.29) is 124 Å². The molecule has 0 bridgehead atoms. The lowest BCUT2D eigenvalue weighted by Gasteiger charge is -2.19. The molecule has 6 rings (SSSR count). The quantitative estimate of drug-likeness (QED) is 0.0237. The number of carbonyl (C=O) groups is 7. The van der Waals surface area contributed by atoms with Crippen molar-refractivity contribution in [3.8, 4) is 11.5 Å². The maximum atomic E-state index is 13.9. The molecule has 0 spiro atoms. The number of carbonyl (C=O) groups excluding carboxylic acids is 7. The molecule has 0 aliphatic carbocycles. The van der Waals surface area contributed by atoms with Gasteiger partial charge in [0.15, 0.2) is 0 Å². The summed E-state index contributed by atoms with van der Waals surface area (Å²) in [4.78, 5) is 98.2. The highest BCUT2D eigenvalue weighted by atomic mass is 16.7. The Balaban J connectivity index is 1.15. The maximum absolute atomic E-state index is 13.9. The van der Waals surface area contributed by atoms with Gasteiger partial charge in [-0.05, 0) is 84.9 Å². The van der Waals surface area contributed by atoms with E-state index in [0.29, 0.717) is 46.7 Å². The third-order valence-electron chi connectivity index (χ3n) is 11.3. The SMILES string of the molecule is CCn1nc(C)cc1C(=O)Nc1nc2cc(C(N)=O)cc(OC)c2n1C/C=C/Cn1c(NC(=O)c2cc(C)nn2CC)nc2cc(C(N)=O)cc(OCCCOC(=O)OCCNC(=O)CCOCCNC(=O)OC(C)(C)C)c21. The van der Waals surface area contributed by atoms with Crippen molar-refractivity contribution >= 4 is 75.7 Å². The average molecular weight is 1080 g/mol. The molecule has 0 radical (unpaired) electrons. The number of benzene rings is 2. The fourth-order valence-electron chi connectivity index (χ4n) is 7.84. The minimum atomic E-state index is -0.973. The van der Waals surface area contributed by atoms with Gasteiger partial charge in [0, 0.05) is 56.7 Å². The minimum absolute atomic E-state index is 0.0247. The number of hydrogen-bond donors (Lipinski definition) is 6.